The largest absolute Gasteiger partial charge is 0.380 e. The highest BCUT2D eigenvalue weighted by Gasteiger charge is 2.20. The average molecular weight is 277 g/mol. The maximum absolute atomic E-state index is 5.43. The van der Waals surface area contributed by atoms with Crippen LogP contribution in [0.2, 0.25) is 0 Å². The maximum Gasteiger partial charge on any atom is 0.128 e. The van der Waals surface area contributed by atoms with Gasteiger partial charge in [-0.05, 0) is 45.2 Å². The number of hydrogen-bond acceptors (Lipinski definition) is 4. The van der Waals surface area contributed by atoms with E-state index in [2.05, 4.69) is 36.2 Å². The molecule has 0 unspecified atom stereocenters. The van der Waals surface area contributed by atoms with Crippen molar-refractivity contribution in [3.63, 3.8) is 0 Å². The fourth-order valence-electron chi connectivity index (χ4n) is 2.24. The fraction of sp³-hybridized carbons (Fsp3) is 0.688. The van der Waals surface area contributed by atoms with Crippen LogP contribution in [-0.4, -0.2) is 37.3 Å². The van der Waals surface area contributed by atoms with Crippen molar-refractivity contribution in [3.8, 4) is 0 Å². The number of ether oxygens (including phenoxy) is 1. The summed E-state index contributed by atoms with van der Waals surface area (Å²) < 4.78 is 5.43. The summed E-state index contributed by atoms with van der Waals surface area (Å²) in [5, 5.41) is 3.54. The normalized spacial score (nSPS) is 14.6. The molecular formula is C16H27N3O. The van der Waals surface area contributed by atoms with Gasteiger partial charge in [0.25, 0.3) is 0 Å². The van der Waals surface area contributed by atoms with E-state index >= 15 is 0 Å². The molecule has 0 atom stereocenters. The minimum Gasteiger partial charge on any atom is -0.380 e. The van der Waals surface area contributed by atoms with Crippen LogP contribution in [0.1, 0.15) is 37.9 Å². The maximum atomic E-state index is 5.43. The van der Waals surface area contributed by atoms with Crippen LogP contribution in [-0.2, 0) is 11.3 Å². The van der Waals surface area contributed by atoms with E-state index in [0.29, 0.717) is 0 Å². The zero-order valence-electron chi connectivity index (χ0n) is 13.0. The molecule has 1 aromatic rings. The Morgan fingerprint density at radius 1 is 1.35 bits per heavy atom. The Morgan fingerprint density at radius 2 is 2.15 bits per heavy atom. The second-order valence-electron chi connectivity index (χ2n) is 5.35. The van der Waals surface area contributed by atoms with Crippen LogP contribution in [0.5, 0.6) is 0 Å². The molecule has 0 amide bonds. The van der Waals surface area contributed by atoms with Crippen molar-refractivity contribution < 1.29 is 4.74 Å². The van der Waals surface area contributed by atoms with Crippen LogP contribution >= 0.6 is 0 Å². The predicted molar refractivity (Wildman–Crippen MR) is 83.2 cm³/mol. The molecule has 1 saturated carbocycles. The number of nitrogens with zero attached hydrogens (tertiary/aromatic N) is 2. The molecule has 0 aromatic carbocycles. The van der Waals surface area contributed by atoms with Crippen LogP contribution in [0, 0.1) is 6.92 Å². The Bertz CT molecular complexity index is 418. The number of anilines is 1. The minimum atomic E-state index is 0.743. The third-order valence-electron chi connectivity index (χ3n) is 3.75. The molecule has 2 rings (SSSR count). The third kappa shape index (κ3) is 4.46. The topological polar surface area (TPSA) is 37.4 Å². The highest BCUT2D eigenvalue weighted by Crippen LogP contribution is 2.20. The molecule has 112 valence electrons. The zero-order chi connectivity index (χ0) is 14.4. The van der Waals surface area contributed by atoms with Crippen molar-refractivity contribution in [3.05, 3.63) is 23.4 Å². The van der Waals surface area contributed by atoms with E-state index in [9.17, 15) is 0 Å². The Labute approximate surface area is 122 Å². The van der Waals surface area contributed by atoms with Crippen LogP contribution in [0.15, 0.2) is 12.1 Å². The van der Waals surface area contributed by atoms with Crippen molar-refractivity contribution in [2.75, 3.05) is 31.2 Å². The molecule has 1 aliphatic carbocycles. The van der Waals surface area contributed by atoms with Crippen LogP contribution < -0.4 is 10.2 Å². The van der Waals surface area contributed by atoms with Gasteiger partial charge in [0.05, 0.1) is 6.61 Å². The van der Waals surface area contributed by atoms with Gasteiger partial charge >= 0.3 is 0 Å². The molecule has 0 aliphatic heterocycles. The summed E-state index contributed by atoms with van der Waals surface area (Å²) in [4.78, 5) is 7.02. The highest BCUT2D eigenvalue weighted by molar-refractivity contribution is 5.41. The number of rotatable bonds is 9. The van der Waals surface area contributed by atoms with E-state index in [1.807, 2.05) is 6.92 Å². The first-order valence-electron chi connectivity index (χ1n) is 7.77. The van der Waals surface area contributed by atoms with Crippen LogP contribution in [0.25, 0.3) is 0 Å². The van der Waals surface area contributed by atoms with Gasteiger partial charge in [-0.15, -0.1) is 0 Å². The number of pyridine rings is 1. The van der Waals surface area contributed by atoms with Gasteiger partial charge in [-0.2, -0.15) is 0 Å². The molecule has 1 aliphatic rings. The van der Waals surface area contributed by atoms with Gasteiger partial charge in [0.15, 0.2) is 0 Å². The monoisotopic (exact) mass is 277 g/mol. The second kappa shape index (κ2) is 7.60. The molecule has 0 spiro atoms. The fourth-order valence-corrected chi connectivity index (χ4v) is 2.24. The van der Waals surface area contributed by atoms with Gasteiger partial charge in [0.1, 0.15) is 5.82 Å². The number of nitrogens with one attached hydrogen (secondary N) is 1. The molecule has 0 bridgehead atoms. The van der Waals surface area contributed by atoms with Crippen molar-refractivity contribution in [2.45, 2.75) is 46.2 Å². The Morgan fingerprint density at radius 3 is 2.75 bits per heavy atom. The van der Waals surface area contributed by atoms with Crippen LogP contribution in [0.4, 0.5) is 5.82 Å². The number of hydrogen-bond donors (Lipinski definition) is 1. The van der Waals surface area contributed by atoms with Gasteiger partial charge in [-0.25, -0.2) is 4.98 Å². The summed E-state index contributed by atoms with van der Waals surface area (Å²) in [7, 11) is 0. The molecule has 4 nitrogen and oxygen atoms in total. The SMILES string of the molecule is CCOCCN(CC)c1ccc(CNC2CC2)c(C)n1. The molecule has 0 saturated heterocycles. The van der Waals surface area contributed by atoms with Gasteiger partial charge in [0, 0.05) is 38.0 Å². The summed E-state index contributed by atoms with van der Waals surface area (Å²) in [5.41, 5.74) is 2.44. The smallest absolute Gasteiger partial charge is 0.128 e. The van der Waals surface area contributed by atoms with Crippen molar-refractivity contribution in [2.24, 2.45) is 0 Å². The average Bonchev–Trinajstić information content (AvgIpc) is 3.26. The summed E-state index contributed by atoms with van der Waals surface area (Å²) in [5.74, 6) is 1.06. The van der Waals surface area contributed by atoms with Gasteiger partial charge in [0.2, 0.25) is 0 Å². The minimum absolute atomic E-state index is 0.743. The first-order chi connectivity index (χ1) is 9.74. The predicted octanol–water partition coefficient (Wildman–Crippen LogP) is 2.50. The summed E-state index contributed by atoms with van der Waals surface area (Å²) in [6.07, 6.45) is 2.65. The van der Waals surface area contributed by atoms with E-state index in [0.717, 1.165) is 50.4 Å². The molecule has 20 heavy (non-hydrogen) atoms. The standard InChI is InChI=1S/C16H27N3O/c1-4-19(10-11-20-5-2)16-9-6-14(13(3)18-16)12-17-15-7-8-15/h6,9,15,17H,4-5,7-8,10-12H2,1-3H3. The third-order valence-corrected chi connectivity index (χ3v) is 3.75. The van der Waals surface area contributed by atoms with Gasteiger partial charge < -0.3 is 15.0 Å². The Kier molecular flexibility index (Phi) is 5.80. The van der Waals surface area contributed by atoms with Gasteiger partial charge in [-0.3, -0.25) is 0 Å². The quantitative estimate of drug-likeness (QED) is 0.704. The first kappa shape index (κ1) is 15.3. The van der Waals surface area contributed by atoms with Gasteiger partial charge in [-0.1, -0.05) is 6.07 Å². The molecule has 1 fully saturated rings. The lowest BCUT2D eigenvalue weighted by Crippen LogP contribution is -2.28. The molecule has 1 heterocycles. The van der Waals surface area contributed by atoms with E-state index in [-0.39, 0.29) is 0 Å². The highest BCUT2D eigenvalue weighted by atomic mass is 16.5. The number of aryl methyl sites for hydroxylation is 1. The Hall–Kier alpha value is -1.13. The van der Waals surface area contributed by atoms with E-state index in [1.54, 1.807) is 0 Å². The number of aromatic nitrogens is 1. The second-order valence-corrected chi connectivity index (χ2v) is 5.35. The lowest BCUT2D eigenvalue weighted by atomic mass is 10.2. The molecule has 1 aromatic heterocycles. The lowest BCUT2D eigenvalue weighted by molar-refractivity contribution is 0.154. The van der Waals surface area contributed by atoms with Crippen molar-refractivity contribution in [1.82, 2.24) is 10.3 Å². The van der Waals surface area contributed by atoms with E-state index in [4.69, 9.17) is 9.72 Å². The molecular weight excluding hydrogens is 250 g/mol. The Balaban J connectivity index is 1.94. The molecule has 1 N–H and O–H groups in total. The lowest BCUT2D eigenvalue weighted by Gasteiger charge is -2.22. The zero-order valence-corrected chi connectivity index (χ0v) is 13.0. The molecule has 0 radical (unpaired) electrons. The summed E-state index contributed by atoms with van der Waals surface area (Å²) in [6.45, 7) is 10.6. The first-order valence-corrected chi connectivity index (χ1v) is 7.77. The molecule has 4 heteroatoms. The number of likely N-dealkylation sites (N-methyl/N-ethyl adjacent to an activating group) is 1. The summed E-state index contributed by atoms with van der Waals surface area (Å²) in [6, 6.07) is 5.08. The van der Waals surface area contributed by atoms with Crippen LogP contribution in [0.3, 0.4) is 0 Å². The van der Waals surface area contributed by atoms with E-state index in [1.165, 1.54) is 18.4 Å². The van der Waals surface area contributed by atoms with E-state index < -0.39 is 0 Å². The van der Waals surface area contributed by atoms with Crippen molar-refractivity contribution >= 4 is 5.82 Å². The van der Waals surface area contributed by atoms with Crippen molar-refractivity contribution in [1.29, 1.82) is 0 Å². The summed E-state index contributed by atoms with van der Waals surface area (Å²) >= 11 is 0.